The summed E-state index contributed by atoms with van der Waals surface area (Å²) in [5.74, 6) is 0. The van der Waals surface area contributed by atoms with Crippen molar-refractivity contribution >= 4 is 21.5 Å². The van der Waals surface area contributed by atoms with E-state index >= 15 is 0 Å². The van der Waals surface area contributed by atoms with Gasteiger partial charge in [0, 0.05) is 0 Å². The summed E-state index contributed by atoms with van der Waals surface area (Å²) < 4.78 is 0. The van der Waals surface area contributed by atoms with Crippen LogP contribution in [0.3, 0.4) is 0 Å². The zero-order valence-corrected chi connectivity index (χ0v) is 28.0. The first kappa shape index (κ1) is 29.9. The Bertz CT molecular complexity index is 2000. The standard InChI is InChI=1S/C44H46/c1-42(2,3)35-20-12-17-31(24-35)38-28-34-23-29-15-10-11-16-30(29)27-39(34)41(33-19-14-22-37(26-33)44(7,8)9)40(38)32-18-13-21-36(25-32)43(4,5)6/h10-28H,1-9H3. The van der Waals surface area contributed by atoms with Gasteiger partial charge in [-0.25, -0.2) is 0 Å². The van der Waals surface area contributed by atoms with Crippen molar-refractivity contribution in [3.05, 3.63) is 132 Å². The van der Waals surface area contributed by atoms with Crippen LogP contribution in [0.1, 0.15) is 79.0 Å². The zero-order chi connectivity index (χ0) is 31.4. The lowest BCUT2D eigenvalue weighted by Gasteiger charge is -2.25. The molecule has 0 amide bonds. The molecule has 0 aliphatic heterocycles. The summed E-state index contributed by atoms with van der Waals surface area (Å²) in [5, 5.41) is 5.10. The zero-order valence-electron chi connectivity index (χ0n) is 28.0. The lowest BCUT2D eigenvalue weighted by molar-refractivity contribution is 0.590. The molecule has 0 bridgehead atoms. The second-order valence-corrected chi connectivity index (χ2v) is 15.6. The maximum absolute atomic E-state index is 2.44. The van der Waals surface area contributed by atoms with E-state index in [1.807, 2.05) is 0 Å². The highest BCUT2D eigenvalue weighted by Gasteiger charge is 2.23. The molecule has 0 aliphatic carbocycles. The van der Waals surface area contributed by atoms with Crippen LogP contribution in [0.15, 0.2) is 115 Å². The second kappa shape index (κ2) is 10.8. The van der Waals surface area contributed by atoms with Gasteiger partial charge in [-0.2, -0.15) is 0 Å². The fourth-order valence-electron chi connectivity index (χ4n) is 6.35. The quantitative estimate of drug-likeness (QED) is 0.184. The van der Waals surface area contributed by atoms with Gasteiger partial charge in [0.05, 0.1) is 0 Å². The molecule has 0 saturated carbocycles. The largest absolute Gasteiger partial charge is 0.0616 e. The van der Waals surface area contributed by atoms with Crippen LogP contribution in [0.5, 0.6) is 0 Å². The highest BCUT2D eigenvalue weighted by molar-refractivity contribution is 6.13. The van der Waals surface area contributed by atoms with Gasteiger partial charge >= 0.3 is 0 Å². The average Bonchev–Trinajstić information content (AvgIpc) is 2.98. The third-order valence-electron chi connectivity index (χ3n) is 9.08. The van der Waals surface area contributed by atoms with E-state index in [4.69, 9.17) is 0 Å². The van der Waals surface area contributed by atoms with Crippen LogP contribution in [0.2, 0.25) is 0 Å². The van der Waals surface area contributed by atoms with Gasteiger partial charge in [0.25, 0.3) is 0 Å². The molecule has 0 radical (unpaired) electrons. The molecule has 0 aromatic heterocycles. The third kappa shape index (κ3) is 5.71. The number of hydrogen-bond donors (Lipinski definition) is 0. The predicted molar refractivity (Wildman–Crippen MR) is 194 cm³/mol. The molecule has 0 spiro atoms. The molecule has 0 heterocycles. The van der Waals surface area contributed by atoms with E-state index in [2.05, 4.69) is 178 Å². The fourth-order valence-corrected chi connectivity index (χ4v) is 6.35. The van der Waals surface area contributed by atoms with Crippen LogP contribution in [-0.4, -0.2) is 0 Å². The molecule has 0 N–H and O–H groups in total. The molecule has 0 aliphatic rings. The second-order valence-electron chi connectivity index (χ2n) is 15.6. The molecular weight excluding hydrogens is 528 g/mol. The molecule has 0 nitrogen and oxygen atoms in total. The molecule has 0 heteroatoms. The average molecular weight is 575 g/mol. The molecule has 0 saturated heterocycles. The van der Waals surface area contributed by atoms with Crippen LogP contribution in [-0.2, 0) is 16.2 Å². The van der Waals surface area contributed by atoms with Crippen LogP contribution >= 0.6 is 0 Å². The Hall–Kier alpha value is -4.16. The van der Waals surface area contributed by atoms with E-state index in [9.17, 15) is 0 Å². The van der Waals surface area contributed by atoms with Gasteiger partial charge in [0.1, 0.15) is 0 Å². The van der Waals surface area contributed by atoms with Crippen molar-refractivity contribution in [2.45, 2.75) is 78.6 Å². The van der Waals surface area contributed by atoms with Gasteiger partial charge in [-0.1, -0.05) is 159 Å². The smallest absolute Gasteiger partial charge is 0.00202 e. The highest BCUT2D eigenvalue weighted by Crippen LogP contribution is 2.47. The Kier molecular flexibility index (Phi) is 7.32. The summed E-state index contributed by atoms with van der Waals surface area (Å²) >= 11 is 0. The van der Waals surface area contributed by atoms with Crippen LogP contribution in [0.25, 0.3) is 54.9 Å². The minimum Gasteiger partial charge on any atom is -0.0616 e. The van der Waals surface area contributed by atoms with Gasteiger partial charge in [-0.3, -0.25) is 0 Å². The van der Waals surface area contributed by atoms with Crippen LogP contribution < -0.4 is 0 Å². The first-order valence-electron chi connectivity index (χ1n) is 16.0. The van der Waals surface area contributed by atoms with Crippen molar-refractivity contribution < 1.29 is 0 Å². The molecule has 0 unspecified atom stereocenters. The first-order valence-corrected chi connectivity index (χ1v) is 16.0. The Morgan fingerprint density at radius 2 is 0.773 bits per heavy atom. The summed E-state index contributed by atoms with van der Waals surface area (Å²) in [6.45, 7) is 20.7. The van der Waals surface area contributed by atoms with E-state index in [-0.39, 0.29) is 16.2 Å². The number of hydrogen-bond acceptors (Lipinski definition) is 0. The van der Waals surface area contributed by atoms with E-state index in [0.29, 0.717) is 0 Å². The van der Waals surface area contributed by atoms with Gasteiger partial charge in [-0.15, -0.1) is 0 Å². The summed E-state index contributed by atoms with van der Waals surface area (Å²) in [6.07, 6.45) is 0. The summed E-state index contributed by atoms with van der Waals surface area (Å²) in [5.41, 5.74) is 11.9. The number of rotatable bonds is 3. The van der Waals surface area contributed by atoms with Gasteiger partial charge < -0.3 is 0 Å². The van der Waals surface area contributed by atoms with E-state index < -0.39 is 0 Å². The summed E-state index contributed by atoms with van der Waals surface area (Å²) in [4.78, 5) is 0. The Labute approximate surface area is 264 Å². The van der Waals surface area contributed by atoms with Gasteiger partial charge in [-0.05, 0) is 106 Å². The van der Waals surface area contributed by atoms with Crippen molar-refractivity contribution in [1.82, 2.24) is 0 Å². The fraction of sp³-hybridized carbons (Fsp3) is 0.273. The van der Waals surface area contributed by atoms with Crippen molar-refractivity contribution in [1.29, 1.82) is 0 Å². The number of fused-ring (bicyclic) bond motifs is 2. The van der Waals surface area contributed by atoms with Crippen molar-refractivity contribution in [3.63, 3.8) is 0 Å². The van der Waals surface area contributed by atoms with Crippen molar-refractivity contribution in [2.24, 2.45) is 0 Å². The Balaban J connectivity index is 1.82. The van der Waals surface area contributed by atoms with Crippen molar-refractivity contribution in [3.8, 4) is 33.4 Å². The molecular formula is C44H46. The topological polar surface area (TPSA) is 0 Å². The summed E-state index contributed by atoms with van der Waals surface area (Å²) in [7, 11) is 0. The Morgan fingerprint density at radius 1 is 0.341 bits per heavy atom. The lowest BCUT2D eigenvalue weighted by Crippen LogP contribution is -2.11. The van der Waals surface area contributed by atoms with E-state index in [0.717, 1.165) is 0 Å². The molecule has 44 heavy (non-hydrogen) atoms. The minimum atomic E-state index is 0.0433. The normalized spacial score (nSPS) is 12.7. The maximum atomic E-state index is 2.44. The van der Waals surface area contributed by atoms with Gasteiger partial charge in [0.2, 0.25) is 0 Å². The Morgan fingerprint density at radius 3 is 1.27 bits per heavy atom. The van der Waals surface area contributed by atoms with Crippen LogP contribution in [0, 0.1) is 0 Å². The predicted octanol–water partition coefficient (Wildman–Crippen LogP) is 12.9. The third-order valence-corrected chi connectivity index (χ3v) is 9.08. The highest BCUT2D eigenvalue weighted by atomic mass is 14.3. The lowest BCUT2D eigenvalue weighted by atomic mass is 9.78. The SMILES string of the molecule is CC(C)(C)c1cccc(-c2cc3cc4ccccc4cc3c(-c3cccc(C(C)(C)C)c3)c2-c2cccc(C(C)(C)C)c2)c1. The molecule has 6 aromatic rings. The van der Waals surface area contributed by atoms with Gasteiger partial charge in [0.15, 0.2) is 0 Å². The van der Waals surface area contributed by atoms with E-state index in [1.165, 1.54) is 71.6 Å². The van der Waals surface area contributed by atoms with Crippen LogP contribution in [0.4, 0.5) is 0 Å². The monoisotopic (exact) mass is 574 g/mol. The molecule has 6 rings (SSSR count). The maximum Gasteiger partial charge on any atom is -0.00202 e. The minimum absolute atomic E-state index is 0.0433. The molecule has 222 valence electrons. The molecule has 0 fully saturated rings. The molecule has 6 aromatic carbocycles. The van der Waals surface area contributed by atoms with E-state index in [1.54, 1.807) is 0 Å². The first-order chi connectivity index (χ1) is 20.7. The van der Waals surface area contributed by atoms with Crippen molar-refractivity contribution in [2.75, 3.05) is 0 Å². The molecule has 0 atom stereocenters. The number of benzene rings is 6. The summed E-state index contributed by atoms with van der Waals surface area (Å²) in [6, 6.07) is 43.7.